The normalized spacial score (nSPS) is 21.2. The summed E-state index contributed by atoms with van der Waals surface area (Å²) in [7, 11) is 0. The summed E-state index contributed by atoms with van der Waals surface area (Å²) < 4.78 is 22.2. The van der Waals surface area contributed by atoms with Gasteiger partial charge in [-0.25, -0.2) is 19.2 Å². The number of rotatable bonds is 12. The molecule has 0 atom stereocenters. The van der Waals surface area contributed by atoms with Gasteiger partial charge in [-0.05, 0) is 38.5 Å². The molecular formula is C28H52N8O8. The van der Waals surface area contributed by atoms with Crippen LogP contribution in [-0.4, -0.2) is 161 Å². The number of nitrogens with zero attached hydrogens (tertiary/aromatic N) is 4. The van der Waals surface area contributed by atoms with Gasteiger partial charge in [-0.3, -0.25) is 0 Å². The number of hydrogen-bond donors (Lipinski definition) is 4. The van der Waals surface area contributed by atoms with Crippen LogP contribution in [0.2, 0.25) is 0 Å². The van der Waals surface area contributed by atoms with Crippen LogP contribution in [0.5, 0.6) is 0 Å². The highest BCUT2D eigenvalue weighted by Crippen LogP contribution is 2.23. The molecule has 252 valence electrons. The Bertz CT molecular complexity index is 806. The van der Waals surface area contributed by atoms with Crippen molar-refractivity contribution in [3.05, 3.63) is 0 Å². The lowest BCUT2D eigenvalue weighted by Crippen LogP contribution is -2.54. The second-order valence-corrected chi connectivity index (χ2v) is 11.1. The molecule has 1 saturated carbocycles. The first-order valence-corrected chi connectivity index (χ1v) is 15.9. The van der Waals surface area contributed by atoms with Gasteiger partial charge in [0.15, 0.2) is 0 Å². The lowest BCUT2D eigenvalue weighted by Gasteiger charge is -2.35. The van der Waals surface area contributed by atoms with E-state index in [2.05, 4.69) is 10.6 Å². The number of ether oxygens (including phenoxy) is 4. The predicted octanol–water partition coefficient (Wildman–Crippen LogP) is -0.0440. The monoisotopic (exact) mass is 628 g/mol. The molecule has 3 fully saturated rings. The minimum atomic E-state index is -0.346. The van der Waals surface area contributed by atoms with Gasteiger partial charge in [0.05, 0.1) is 26.4 Å². The third kappa shape index (κ3) is 12.5. The molecule has 0 aromatic rings. The predicted molar refractivity (Wildman–Crippen MR) is 161 cm³/mol. The van der Waals surface area contributed by atoms with Gasteiger partial charge in [0.2, 0.25) is 0 Å². The van der Waals surface area contributed by atoms with Gasteiger partial charge < -0.3 is 60.6 Å². The van der Waals surface area contributed by atoms with E-state index < -0.39 is 0 Å². The topological polar surface area (TPSA) is 194 Å². The van der Waals surface area contributed by atoms with Crippen molar-refractivity contribution in [2.45, 2.75) is 50.7 Å². The quantitative estimate of drug-likeness (QED) is 0.213. The maximum atomic E-state index is 12.8. The molecule has 0 aromatic heterocycles. The van der Waals surface area contributed by atoms with Gasteiger partial charge in [-0.15, -0.1) is 0 Å². The van der Waals surface area contributed by atoms with Gasteiger partial charge in [0.1, 0.15) is 12.2 Å². The van der Waals surface area contributed by atoms with E-state index in [1.54, 1.807) is 19.6 Å². The van der Waals surface area contributed by atoms with Crippen LogP contribution in [0, 0.1) is 0 Å². The van der Waals surface area contributed by atoms with Crippen molar-refractivity contribution in [2.24, 2.45) is 11.5 Å². The molecule has 2 saturated heterocycles. The van der Waals surface area contributed by atoms with Crippen molar-refractivity contribution in [1.29, 1.82) is 0 Å². The van der Waals surface area contributed by atoms with E-state index in [0.717, 1.165) is 12.8 Å². The maximum Gasteiger partial charge on any atom is 0.410 e. The molecule has 6 amide bonds. The van der Waals surface area contributed by atoms with Crippen molar-refractivity contribution in [3.63, 3.8) is 0 Å². The highest BCUT2D eigenvalue weighted by atomic mass is 16.6. The van der Waals surface area contributed by atoms with E-state index in [0.29, 0.717) is 131 Å². The number of urea groups is 2. The third-order valence-corrected chi connectivity index (χ3v) is 7.86. The van der Waals surface area contributed by atoms with Gasteiger partial charge in [0.25, 0.3) is 0 Å². The van der Waals surface area contributed by atoms with Crippen LogP contribution >= 0.6 is 0 Å². The molecule has 0 spiro atoms. The minimum Gasteiger partial charge on any atom is -0.446 e. The number of hydrogen-bond acceptors (Lipinski definition) is 10. The van der Waals surface area contributed by atoms with Crippen LogP contribution in [0.15, 0.2) is 0 Å². The van der Waals surface area contributed by atoms with Gasteiger partial charge >= 0.3 is 24.2 Å². The Morgan fingerprint density at radius 1 is 0.545 bits per heavy atom. The molecule has 16 nitrogen and oxygen atoms in total. The Morgan fingerprint density at radius 2 is 0.886 bits per heavy atom. The molecular weight excluding hydrogens is 576 g/mol. The molecule has 0 unspecified atom stereocenters. The molecule has 2 heterocycles. The fourth-order valence-corrected chi connectivity index (χ4v) is 5.34. The molecule has 0 bridgehead atoms. The molecule has 6 N–H and O–H groups in total. The zero-order chi connectivity index (χ0) is 31.6. The van der Waals surface area contributed by atoms with E-state index in [9.17, 15) is 19.2 Å². The molecule has 3 aliphatic rings. The molecule has 1 aliphatic carbocycles. The van der Waals surface area contributed by atoms with Gasteiger partial charge in [-0.2, -0.15) is 0 Å². The Labute approximate surface area is 259 Å². The highest BCUT2D eigenvalue weighted by Gasteiger charge is 2.30. The summed E-state index contributed by atoms with van der Waals surface area (Å²) in [4.78, 5) is 56.9. The molecule has 16 heteroatoms. The van der Waals surface area contributed by atoms with E-state index >= 15 is 0 Å². The first kappa shape index (κ1) is 35.4. The van der Waals surface area contributed by atoms with Crippen LogP contribution in [0.1, 0.15) is 38.5 Å². The number of carbonyl (C=O) groups is 4. The second kappa shape index (κ2) is 20.0. The zero-order valence-corrected chi connectivity index (χ0v) is 25.9. The van der Waals surface area contributed by atoms with E-state index in [1.807, 2.05) is 0 Å². The number of carbonyl (C=O) groups excluding carboxylic acids is 4. The average molecular weight is 629 g/mol. The number of nitrogens with two attached hydrogens (primary N) is 2. The van der Waals surface area contributed by atoms with Crippen LogP contribution in [0.4, 0.5) is 19.2 Å². The Kier molecular flexibility index (Phi) is 16.1. The first-order valence-electron chi connectivity index (χ1n) is 15.9. The Morgan fingerprint density at radius 3 is 1.23 bits per heavy atom. The molecule has 0 aromatic carbocycles. The zero-order valence-electron chi connectivity index (χ0n) is 25.9. The van der Waals surface area contributed by atoms with Crippen molar-refractivity contribution in [1.82, 2.24) is 30.2 Å². The summed E-state index contributed by atoms with van der Waals surface area (Å²) in [5, 5.41) is 5.63. The smallest absolute Gasteiger partial charge is 0.410 e. The minimum absolute atomic E-state index is 0.171. The second-order valence-electron chi connectivity index (χ2n) is 11.1. The summed E-state index contributed by atoms with van der Waals surface area (Å²) >= 11 is 0. The van der Waals surface area contributed by atoms with E-state index in [4.69, 9.17) is 30.4 Å². The largest absolute Gasteiger partial charge is 0.446 e. The van der Waals surface area contributed by atoms with E-state index in [-0.39, 0.29) is 36.5 Å². The van der Waals surface area contributed by atoms with Crippen molar-refractivity contribution >= 4 is 24.2 Å². The number of nitrogens with one attached hydrogen (secondary N) is 2. The van der Waals surface area contributed by atoms with Crippen molar-refractivity contribution < 1.29 is 38.1 Å². The van der Waals surface area contributed by atoms with Crippen molar-refractivity contribution in [2.75, 3.05) is 105 Å². The third-order valence-electron chi connectivity index (χ3n) is 7.86. The Balaban J connectivity index is 1.27. The molecule has 0 radical (unpaired) electrons. The van der Waals surface area contributed by atoms with E-state index in [1.165, 1.54) is 0 Å². The standard InChI is InChI=1S/C28H52N8O8/c29-7-19-41-21-9-31-25(37)33-11-15-35(16-12-33)27(39)43-23-3-1-4-24(6-2-5-23)44-28(40)36-17-13-34(14-18-36)26(38)32-10-22-42-20-8-30/h23-24H,1-22,29-30H2,(H,31,37)(H,32,38)/t23-,24+. The molecule has 2 aliphatic heterocycles. The SMILES string of the molecule is NCCOCCNC(=O)N1CCN(C(=O)O[C@H]2CCC[C@@H](OC(=O)N3CCN(C(=O)NCCOCCN)CC3)CCC2)CC1. The summed E-state index contributed by atoms with van der Waals surface area (Å²) in [5.41, 5.74) is 10.7. The van der Waals surface area contributed by atoms with Gasteiger partial charge in [0, 0.05) is 78.5 Å². The summed E-state index contributed by atoms with van der Waals surface area (Å²) in [6, 6.07) is -0.342. The summed E-state index contributed by atoms with van der Waals surface area (Å²) in [6.45, 7) is 6.89. The lowest BCUT2D eigenvalue weighted by molar-refractivity contribution is 0.0196. The molecule has 3 rings (SSSR count). The van der Waals surface area contributed by atoms with Crippen LogP contribution in [0.25, 0.3) is 0 Å². The Hall–Kier alpha value is -3.08. The van der Waals surface area contributed by atoms with Crippen LogP contribution in [0.3, 0.4) is 0 Å². The number of piperazine rings is 2. The lowest BCUT2D eigenvalue weighted by atomic mass is 9.96. The fraction of sp³-hybridized carbons (Fsp3) is 0.857. The summed E-state index contributed by atoms with van der Waals surface area (Å²) in [5.74, 6) is 0. The molecule has 44 heavy (non-hydrogen) atoms. The van der Waals surface area contributed by atoms with Gasteiger partial charge in [-0.1, -0.05) is 0 Å². The maximum absolute atomic E-state index is 12.8. The highest BCUT2D eigenvalue weighted by molar-refractivity contribution is 5.75. The van der Waals surface area contributed by atoms with Crippen LogP contribution in [-0.2, 0) is 18.9 Å². The number of amides is 6. The fourth-order valence-electron chi connectivity index (χ4n) is 5.34. The first-order chi connectivity index (χ1) is 21.4. The van der Waals surface area contributed by atoms with Crippen molar-refractivity contribution in [3.8, 4) is 0 Å². The average Bonchev–Trinajstić information content (AvgIpc) is 3.03. The van der Waals surface area contributed by atoms with Crippen LogP contribution < -0.4 is 22.1 Å². The summed E-state index contributed by atoms with van der Waals surface area (Å²) in [6.07, 6.45) is 3.34.